The van der Waals surface area contributed by atoms with E-state index in [1.54, 1.807) is 36.4 Å². The van der Waals surface area contributed by atoms with Gasteiger partial charge in [0.05, 0.1) is 10.6 Å². The van der Waals surface area contributed by atoms with Crippen LogP contribution in [0.5, 0.6) is 5.75 Å². The van der Waals surface area contributed by atoms with Gasteiger partial charge in [-0.1, -0.05) is 54.8 Å². The van der Waals surface area contributed by atoms with Crippen molar-refractivity contribution in [2.75, 3.05) is 16.8 Å². The Morgan fingerprint density at radius 2 is 1.96 bits per heavy atom. The molecule has 7 heteroatoms. The van der Waals surface area contributed by atoms with E-state index in [9.17, 15) is 9.59 Å². The van der Waals surface area contributed by atoms with Crippen LogP contribution in [0, 0.1) is 0 Å². The Balaban J connectivity index is 1.85. The number of rotatable bonds is 6. The third-order valence-corrected chi connectivity index (χ3v) is 5.10. The van der Waals surface area contributed by atoms with Crippen LogP contribution in [0.3, 0.4) is 0 Å². The van der Waals surface area contributed by atoms with Gasteiger partial charge >= 0.3 is 0 Å². The van der Waals surface area contributed by atoms with Gasteiger partial charge in [-0.25, -0.2) is 0 Å². The van der Waals surface area contributed by atoms with Gasteiger partial charge in [0.2, 0.25) is 5.91 Å². The molecule has 142 valence electrons. The number of amides is 2. The van der Waals surface area contributed by atoms with Crippen molar-refractivity contribution in [3.05, 3.63) is 71.7 Å². The van der Waals surface area contributed by atoms with Crippen molar-refractivity contribution in [1.82, 2.24) is 0 Å². The van der Waals surface area contributed by atoms with Crippen molar-refractivity contribution in [2.45, 2.75) is 6.92 Å². The highest BCUT2D eigenvalue weighted by Crippen LogP contribution is 2.37. The lowest BCUT2D eigenvalue weighted by Crippen LogP contribution is -2.27. The molecule has 3 rings (SSSR count). The molecule has 2 amide bonds. The number of carbonyl (C=O) groups is 2. The van der Waals surface area contributed by atoms with Gasteiger partial charge < -0.3 is 10.1 Å². The fraction of sp³-hybridized carbons (Fsp3) is 0.0952. The number of nitrogens with one attached hydrogen (secondary N) is 1. The van der Waals surface area contributed by atoms with Crippen LogP contribution < -0.4 is 15.0 Å². The summed E-state index contributed by atoms with van der Waals surface area (Å²) in [5.41, 5.74) is 2.10. The number of anilines is 2. The summed E-state index contributed by atoms with van der Waals surface area (Å²) < 4.78 is 6.10. The molecule has 1 aliphatic rings. The first-order chi connectivity index (χ1) is 13.5. The Hall–Kier alpha value is -2.90. The van der Waals surface area contributed by atoms with Crippen molar-refractivity contribution >= 4 is 57.6 Å². The molecule has 1 N–H and O–H groups in total. The molecule has 0 aromatic heterocycles. The Bertz CT molecular complexity index is 968. The molecule has 1 aliphatic heterocycles. The van der Waals surface area contributed by atoms with E-state index in [-0.39, 0.29) is 11.8 Å². The van der Waals surface area contributed by atoms with Gasteiger partial charge in [0.15, 0.2) is 4.32 Å². The van der Waals surface area contributed by atoms with Crippen molar-refractivity contribution in [2.24, 2.45) is 0 Å². The van der Waals surface area contributed by atoms with E-state index in [1.807, 2.05) is 24.3 Å². The fourth-order valence-corrected chi connectivity index (χ4v) is 3.90. The van der Waals surface area contributed by atoms with E-state index in [2.05, 4.69) is 11.9 Å². The lowest BCUT2D eigenvalue weighted by atomic mass is 10.2. The lowest BCUT2D eigenvalue weighted by molar-refractivity contribution is -0.114. The number of hydrogen-bond acceptors (Lipinski definition) is 5. The summed E-state index contributed by atoms with van der Waals surface area (Å²) in [6, 6.07) is 14.4. The largest absolute Gasteiger partial charge is 0.489 e. The average Bonchev–Trinajstić information content (AvgIpc) is 2.95. The molecule has 0 radical (unpaired) electrons. The number of hydrogen-bond donors (Lipinski definition) is 1. The van der Waals surface area contributed by atoms with Gasteiger partial charge in [-0.15, -0.1) is 0 Å². The summed E-state index contributed by atoms with van der Waals surface area (Å²) in [7, 11) is 0. The minimum absolute atomic E-state index is 0.154. The number of thioether (sulfide) groups is 1. The molecule has 2 aromatic rings. The summed E-state index contributed by atoms with van der Waals surface area (Å²) in [4.78, 5) is 26.1. The SMILES string of the molecule is C=CCOc1ccccc1/C=C1\SC(=S)N(c2ccc(NC(C)=O)cc2)C1=O. The first-order valence-corrected chi connectivity index (χ1v) is 9.70. The molecule has 1 fully saturated rings. The predicted molar refractivity (Wildman–Crippen MR) is 119 cm³/mol. The highest BCUT2D eigenvalue weighted by atomic mass is 32.2. The van der Waals surface area contributed by atoms with Gasteiger partial charge in [-0.2, -0.15) is 0 Å². The van der Waals surface area contributed by atoms with E-state index in [4.69, 9.17) is 17.0 Å². The van der Waals surface area contributed by atoms with Crippen LogP contribution in [0.25, 0.3) is 6.08 Å². The molecular formula is C21H18N2O3S2. The van der Waals surface area contributed by atoms with Crippen LogP contribution in [0.4, 0.5) is 11.4 Å². The van der Waals surface area contributed by atoms with Gasteiger partial charge in [-0.05, 0) is 36.4 Å². The normalized spacial score (nSPS) is 15.0. The zero-order chi connectivity index (χ0) is 20.1. The van der Waals surface area contributed by atoms with Crippen molar-refractivity contribution < 1.29 is 14.3 Å². The number of ether oxygens (including phenoxy) is 1. The molecule has 1 saturated heterocycles. The Labute approximate surface area is 173 Å². The molecule has 5 nitrogen and oxygen atoms in total. The average molecular weight is 411 g/mol. The first kappa shape index (κ1) is 19.9. The van der Waals surface area contributed by atoms with Gasteiger partial charge in [0.1, 0.15) is 12.4 Å². The molecule has 0 atom stereocenters. The molecule has 1 heterocycles. The molecule has 0 saturated carbocycles. The van der Waals surface area contributed by atoms with E-state index in [1.165, 1.54) is 23.6 Å². The number of benzene rings is 2. The van der Waals surface area contributed by atoms with Crippen LogP contribution in [0.1, 0.15) is 12.5 Å². The second-order valence-corrected chi connectivity index (χ2v) is 7.56. The lowest BCUT2D eigenvalue weighted by Gasteiger charge is -2.15. The second kappa shape index (κ2) is 8.86. The maximum Gasteiger partial charge on any atom is 0.270 e. The number of carbonyl (C=O) groups excluding carboxylic acids is 2. The van der Waals surface area contributed by atoms with Crippen molar-refractivity contribution in [1.29, 1.82) is 0 Å². The van der Waals surface area contributed by atoms with E-state index in [0.29, 0.717) is 33.0 Å². The maximum atomic E-state index is 12.9. The van der Waals surface area contributed by atoms with Crippen molar-refractivity contribution in [3.8, 4) is 5.75 Å². The minimum Gasteiger partial charge on any atom is -0.489 e. The predicted octanol–water partition coefficient (Wildman–Crippen LogP) is 4.62. The minimum atomic E-state index is -0.194. The number of nitrogens with zero attached hydrogens (tertiary/aromatic N) is 1. The molecule has 0 unspecified atom stereocenters. The van der Waals surface area contributed by atoms with Gasteiger partial charge in [0.25, 0.3) is 5.91 Å². The van der Waals surface area contributed by atoms with Gasteiger partial charge in [0, 0.05) is 18.2 Å². The number of thiocarbonyl (C=S) groups is 1. The maximum absolute atomic E-state index is 12.9. The summed E-state index contributed by atoms with van der Waals surface area (Å²) in [5.74, 6) is 0.326. The first-order valence-electron chi connectivity index (χ1n) is 8.48. The second-order valence-electron chi connectivity index (χ2n) is 5.88. The fourth-order valence-electron chi connectivity index (χ4n) is 2.61. The van der Waals surface area contributed by atoms with E-state index in [0.717, 1.165) is 5.56 Å². The third kappa shape index (κ3) is 4.49. The summed E-state index contributed by atoms with van der Waals surface area (Å²) in [5, 5.41) is 2.70. The summed E-state index contributed by atoms with van der Waals surface area (Å²) >= 11 is 6.65. The highest BCUT2D eigenvalue weighted by Gasteiger charge is 2.33. The standard InChI is InChI=1S/C21H18N2O3S2/c1-3-12-26-18-7-5-4-6-15(18)13-19-20(25)23(21(27)28-19)17-10-8-16(9-11-17)22-14(2)24/h3-11,13H,1,12H2,2H3,(H,22,24)/b19-13-. The molecule has 0 bridgehead atoms. The van der Waals surface area contributed by atoms with Crippen LogP contribution in [0.15, 0.2) is 66.1 Å². The quantitative estimate of drug-likeness (QED) is 0.428. The van der Waals surface area contributed by atoms with E-state index >= 15 is 0 Å². The monoisotopic (exact) mass is 410 g/mol. The molecule has 0 spiro atoms. The molecule has 2 aromatic carbocycles. The van der Waals surface area contributed by atoms with Crippen molar-refractivity contribution in [3.63, 3.8) is 0 Å². The smallest absolute Gasteiger partial charge is 0.270 e. The molecule has 28 heavy (non-hydrogen) atoms. The highest BCUT2D eigenvalue weighted by molar-refractivity contribution is 8.27. The van der Waals surface area contributed by atoms with Crippen LogP contribution in [-0.4, -0.2) is 22.7 Å². The molecule has 0 aliphatic carbocycles. The number of para-hydroxylation sites is 1. The topological polar surface area (TPSA) is 58.6 Å². The Kier molecular flexibility index (Phi) is 6.28. The van der Waals surface area contributed by atoms with Crippen LogP contribution in [-0.2, 0) is 9.59 Å². The van der Waals surface area contributed by atoms with E-state index < -0.39 is 0 Å². The van der Waals surface area contributed by atoms with Crippen LogP contribution >= 0.6 is 24.0 Å². The molecular weight excluding hydrogens is 392 g/mol. The van der Waals surface area contributed by atoms with Crippen LogP contribution in [0.2, 0.25) is 0 Å². The zero-order valence-corrected chi connectivity index (χ0v) is 16.8. The van der Waals surface area contributed by atoms with Gasteiger partial charge in [-0.3, -0.25) is 14.5 Å². The Morgan fingerprint density at radius 1 is 1.25 bits per heavy atom. The zero-order valence-electron chi connectivity index (χ0n) is 15.2. The summed E-state index contributed by atoms with van der Waals surface area (Å²) in [6.07, 6.45) is 3.45. The third-order valence-electron chi connectivity index (χ3n) is 3.80. The Morgan fingerprint density at radius 3 is 2.64 bits per heavy atom. The summed E-state index contributed by atoms with van der Waals surface area (Å²) in [6.45, 7) is 5.47.